The lowest BCUT2D eigenvalue weighted by molar-refractivity contribution is -0.139. The van der Waals surface area contributed by atoms with E-state index in [1.54, 1.807) is 0 Å². The second-order valence-corrected chi connectivity index (χ2v) is 6.37. The number of nitrogens with zero attached hydrogens (tertiary/aromatic N) is 2. The Morgan fingerprint density at radius 3 is 2.96 bits per heavy atom. The normalized spacial score (nSPS) is 20.9. The molecule has 2 aliphatic rings. The number of aromatic nitrogens is 1. The number of likely N-dealkylation sites (tertiary alicyclic amines) is 1. The Hall–Kier alpha value is -2.14. The number of fused-ring (bicyclic) bond motifs is 1. The van der Waals surface area contributed by atoms with Crippen molar-refractivity contribution in [2.75, 3.05) is 19.7 Å². The number of hydrogen-bond donors (Lipinski definition) is 0. The van der Waals surface area contributed by atoms with E-state index < -0.39 is 0 Å². The number of ether oxygens (including phenoxy) is 1. The second kappa shape index (κ2) is 5.81. The monoisotopic (exact) mass is 312 g/mol. The van der Waals surface area contributed by atoms with Gasteiger partial charge >= 0.3 is 0 Å². The largest absolute Gasteiger partial charge is 0.373 e. The van der Waals surface area contributed by atoms with Crippen LogP contribution in [0.25, 0.3) is 0 Å². The van der Waals surface area contributed by atoms with Crippen molar-refractivity contribution in [3.05, 3.63) is 52.9 Å². The molecule has 1 atom stereocenters. The SMILES string of the molecule is Cc1cc(C2CN(C(=O)CC3OCCc4ccccc43)C2)no1. The van der Waals surface area contributed by atoms with Crippen LogP contribution in [0.3, 0.4) is 0 Å². The van der Waals surface area contributed by atoms with Gasteiger partial charge in [-0.25, -0.2) is 0 Å². The summed E-state index contributed by atoms with van der Waals surface area (Å²) in [5.74, 6) is 1.27. The van der Waals surface area contributed by atoms with E-state index in [1.807, 2.05) is 30.0 Å². The molecule has 2 aromatic rings. The van der Waals surface area contributed by atoms with Gasteiger partial charge in [0, 0.05) is 25.1 Å². The highest BCUT2D eigenvalue weighted by Gasteiger charge is 2.35. The molecule has 4 rings (SSSR count). The van der Waals surface area contributed by atoms with Crippen LogP contribution < -0.4 is 0 Å². The molecule has 5 nitrogen and oxygen atoms in total. The highest BCUT2D eigenvalue weighted by Crippen LogP contribution is 2.32. The van der Waals surface area contributed by atoms with E-state index in [0.717, 1.165) is 36.5 Å². The Kier molecular flexibility index (Phi) is 3.65. The van der Waals surface area contributed by atoms with Gasteiger partial charge in [-0.2, -0.15) is 0 Å². The maximum atomic E-state index is 12.5. The van der Waals surface area contributed by atoms with Gasteiger partial charge < -0.3 is 14.2 Å². The zero-order valence-corrected chi connectivity index (χ0v) is 13.2. The molecule has 3 heterocycles. The second-order valence-electron chi connectivity index (χ2n) is 6.37. The number of rotatable bonds is 3. The molecule has 1 aromatic heterocycles. The highest BCUT2D eigenvalue weighted by molar-refractivity contribution is 5.78. The quantitative estimate of drug-likeness (QED) is 0.874. The Morgan fingerprint density at radius 2 is 2.17 bits per heavy atom. The van der Waals surface area contributed by atoms with Gasteiger partial charge in [0.25, 0.3) is 0 Å². The first-order chi connectivity index (χ1) is 11.2. The third kappa shape index (κ3) is 2.77. The molecule has 1 saturated heterocycles. The van der Waals surface area contributed by atoms with Crippen LogP contribution in [-0.4, -0.2) is 35.7 Å². The molecule has 0 radical (unpaired) electrons. The average Bonchev–Trinajstić information content (AvgIpc) is 2.92. The van der Waals surface area contributed by atoms with E-state index >= 15 is 0 Å². The molecule has 120 valence electrons. The first-order valence-corrected chi connectivity index (χ1v) is 8.11. The third-order valence-electron chi connectivity index (χ3n) is 4.75. The third-order valence-corrected chi connectivity index (χ3v) is 4.75. The van der Waals surface area contributed by atoms with Crippen LogP contribution in [0.4, 0.5) is 0 Å². The van der Waals surface area contributed by atoms with Crippen molar-refractivity contribution in [3.63, 3.8) is 0 Å². The average molecular weight is 312 g/mol. The van der Waals surface area contributed by atoms with Crippen LogP contribution in [0.2, 0.25) is 0 Å². The summed E-state index contributed by atoms with van der Waals surface area (Å²) >= 11 is 0. The number of carbonyl (C=O) groups excluding carboxylic acids is 1. The predicted octanol–water partition coefficient (Wildman–Crippen LogP) is 2.61. The summed E-state index contributed by atoms with van der Waals surface area (Å²) in [5.41, 5.74) is 3.42. The first kappa shape index (κ1) is 14.5. The van der Waals surface area contributed by atoms with Gasteiger partial charge in [-0.1, -0.05) is 29.4 Å². The van der Waals surface area contributed by atoms with Crippen molar-refractivity contribution >= 4 is 5.91 Å². The van der Waals surface area contributed by atoms with E-state index in [2.05, 4.69) is 17.3 Å². The van der Waals surface area contributed by atoms with Crippen LogP contribution in [0.1, 0.15) is 41.0 Å². The molecule has 2 aliphatic heterocycles. The highest BCUT2D eigenvalue weighted by atomic mass is 16.5. The number of aryl methyl sites for hydroxylation is 1. The fourth-order valence-corrected chi connectivity index (χ4v) is 3.38. The number of carbonyl (C=O) groups is 1. The van der Waals surface area contributed by atoms with Crippen molar-refractivity contribution in [1.29, 1.82) is 0 Å². The molecule has 1 unspecified atom stereocenters. The molecule has 1 fully saturated rings. The van der Waals surface area contributed by atoms with Crippen LogP contribution in [0, 0.1) is 6.92 Å². The Bertz CT molecular complexity index is 719. The van der Waals surface area contributed by atoms with Crippen LogP contribution >= 0.6 is 0 Å². The molecule has 0 spiro atoms. The molecule has 1 amide bonds. The topological polar surface area (TPSA) is 55.6 Å². The lowest BCUT2D eigenvalue weighted by Crippen LogP contribution is -2.49. The number of amides is 1. The standard InChI is InChI=1S/C18H20N2O3/c1-12-8-16(19-23-12)14-10-20(11-14)18(21)9-17-15-5-3-2-4-13(15)6-7-22-17/h2-5,8,14,17H,6-7,9-11H2,1H3. The summed E-state index contributed by atoms with van der Waals surface area (Å²) in [6.07, 6.45) is 1.24. The molecule has 5 heteroatoms. The van der Waals surface area contributed by atoms with E-state index in [9.17, 15) is 4.79 Å². The summed E-state index contributed by atoms with van der Waals surface area (Å²) in [4.78, 5) is 14.4. The zero-order valence-electron chi connectivity index (χ0n) is 13.2. The van der Waals surface area contributed by atoms with Crippen LogP contribution in [0.5, 0.6) is 0 Å². The molecule has 23 heavy (non-hydrogen) atoms. The maximum absolute atomic E-state index is 12.5. The maximum Gasteiger partial charge on any atom is 0.225 e. The Morgan fingerprint density at radius 1 is 1.35 bits per heavy atom. The van der Waals surface area contributed by atoms with Crippen LogP contribution in [-0.2, 0) is 16.0 Å². The number of benzene rings is 1. The Labute approximate surface area is 135 Å². The fourth-order valence-electron chi connectivity index (χ4n) is 3.38. The molecule has 0 aliphatic carbocycles. The molecule has 0 N–H and O–H groups in total. The van der Waals surface area contributed by atoms with Gasteiger partial charge in [0.15, 0.2) is 0 Å². The molecule has 0 bridgehead atoms. The summed E-state index contributed by atoms with van der Waals surface area (Å²) in [7, 11) is 0. The van der Waals surface area contributed by atoms with Gasteiger partial charge in [0.1, 0.15) is 5.76 Å². The van der Waals surface area contributed by atoms with Gasteiger partial charge in [-0.3, -0.25) is 4.79 Å². The minimum Gasteiger partial charge on any atom is -0.373 e. The lowest BCUT2D eigenvalue weighted by atomic mass is 9.93. The van der Waals surface area contributed by atoms with Crippen molar-refractivity contribution in [3.8, 4) is 0 Å². The van der Waals surface area contributed by atoms with E-state index in [-0.39, 0.29) is 12.0 Å². The van der Waals surface area contributed by atoms with Gasteiger partial charge in [-0.15, -0.1) is 0 Å². The molecular formula is C18H20N2O3. The minimum absolute atomic E-state index is 0.110. The Balaban J connectivity index is 1.37. The number of hydrogen-bond acceptors (Lipinski definition) is 4. The van der Waals surface area contributed by atoms with Crippen molar-refractivity contribution in [1.82, 2.24) is 10.1 Å². The lowest BCUT2D eigenvalue weighted by Gasteiger charge is -2.39. The summed E-state index contributed by atoms with van der Waals surface area (Å²) < 4.78 is 10.9. The van der Waals surface area contributed by atoms with Crippen molar-refractivity contribution in [2.45, 2.75) is 31.8 Å². The van der Waals surface area contributed by atoms with E-state index in [1.165, 1.54) is 5.56 Å². The van der Waals surface area contributed by atoms with Crippen LogP contribution in [0.15, 0.2) is 34.9 Å². The zero-order chi connectivity index (χ0) is 15.8. The minimum atomic E-state index is -0.110. The van der Waals surface area contributed by atoms with Gasteiger partial charge in [0.05, 0.1) is 24.8 Å². The van der Waals surface area contributed by atoms with Gasteiger partial charge in [-0.05, 0) is 24.5 Å². The molecular weight excluding hydrogens is 292 g/mol. The van der Waals surface area contributed by atoms with E-state index in [4.69, 9.17) is 9.26 Å². The van der Waals surface area contributed by atoms with E-state index in [0.29, 0.717) is 18.9 Å². The summed E-state index contributed by atoms with van der Waals surface area (Å²) in [6, 6.07) is 10.2. The summed E-state index contributed by atoms with van der Waals surface area (Å²) in [5, 5.41) is 4.04. The van der Waals surface area contributed by atoms with Crippen molar-refractivity contribution < 1.29 is 14.1 Å². The smallest absolute Gasteiger partial charge is 0.225 e. The molecule has 0 saturated carbocycles. The summed E-state index contributed by atoms with van der Waals surface area (Å²) in [6.45, 7) is 4.02. The fraction of sp³-hybridized carbons (Fsp3) is 0.444. The first-order valence-electron chi connectivity index (χ1n) is 8.11. The molecule has 1 aromatic carbocycles. The van der Waals surface area contributed by atoms with Gasteiger partial charge in [0.2, 0.25) is 5.91 Å². The predicted molar refractivity (Wildman–Crippen MR) is 84.0 cm³/mol. The van der Waals surface area contributed by atoms with Crippen molar-refractivity contribution in [2.24, 2.45) is 0 Å².